The summed E-state index contributed by atoms with van der Waals surface area (Å²) in [5, 5.41) is 10.8. The van der Waals surface area contributed by atoms with Crippen LogP contribution in [0.15, 0.2) is 12.3 Å². The standard InChI is InChI=1S/C15H24N4O4/c1-13-11-14(19(20)21)12-16-15(13)18-5-3-17(4-6-18)7-8-23-10-9-22-2/h11-12H,3-10H2,1-2H3. The molecule has 0 saturated carbocycles. The van der Waals surface area contributed by atoms with Gasteiger partial charge in [0.1, 0.15) is 12.0 Å². The van der Waals surface area contributed by atoms with Crippen LogP contribution in [0.2, 0.25) is 0 Å². The fourth-order valence-corrected chi connectivity index (χ4v) is 2.60. The number of rotatable bonds is 8. The number of anilines is 1. The number of piperazine rings is 1. The van der Waals surface area contributed by atoms with Gasteiger partial charge in [-0.05, 0) is 12.5 Å². The summed E-state index contributed by atoms with van der Waals surface area (Å²) in [7, 11) is 1.66. The number of nitrogens with zero attached hydrogens (tertiary/aromatic N) is 4. The van der Waals surface area contributed by atoms with Crippen LogP contribution < -0.4 is 4.90 Å². The Balaban J connectivity index is 1.79. The van der Waals surface area contributed by atoms with Crippen molar-refractivity contribution in [3.05, 3.63) is 27.9 Å². The number of nitro groups is 1. The number of aryl methyl sites for hydroxylation is 1. The molecular formula is C15H24N4O4. The van der Waals surface area contributed by atoms with Crippen molar-refractivity contribution in [1.29, 1.82) is 0 Å². The van der Waals surface area contributed by atoms with Gasteiger partial charge in [-0.15, -0.1) is 0 Å². The van der Waals surface area contributed by atoms with E-state index in [1.165, 1.54) is 6.20 Å². The average molecular weight is 324 g/mol. The van der Waals surface area contributed by atoms with Crippen molar-refractivity contribution >= 4 is 11.5 Å². The van der Waals surface area contributed by atoms with Crippen LogP contribution in [-0.4, -0.2) is 74.5 Å². The molecule has 0 bridgehead atoms. The third-order valence-corrected chi connectivity index (χ3v) is 3.90. The van der Waals surface area contributed by atoms with Gasteiger partial charge in [0.15, 0.2) is 0 Å². The summed E-state index contributed by atoms with van der Waals surface area (Å²) < 4.78 is 10.4. The summed E-state index contributed by atoms with van der Waals surface area (Å²) in [6.07, 6.45) is 1.33. The van der Waals surface area contributed by atoms with Crippen LogP contribution in [0, 0.1) is 17.0 Å². The Morgan fingerprint density at radius 1 is 1.26 bits per heavy atom. The second-order valence-electron chi connectivity index (χ2n) is 5.52. The van der Waals surface area contributed by atoms with Crippen LogP contribution in [0.3, 0.4) is 0 Å². The summed E-state index contributed by atoms with van der Waals surface area (Å²) in [6, 6.07) is 1.58. The highest BCUT2D eigenvalue weighted by molar-refractivity contribution is 5.50. The molecule has 0 N–H and O–H groups in total. The smallest absolute Gasteiger partial charge is 0.287 e. The summed E-state index contributed by atoms with van der Waals surface area (Å²) in [5.74, 6) is 0.839. The topological polar surface area (TPSA) is 81.0 Å². The fourth-order valence-electron chi connectivity index (χ4n) is 2.60. The van der Waals surface area contributed by atoms with Crippen molar-refractivity contribution in [2.45, 2.75) is 6.92 Å². The highest BCUT2D eigenvalue weighted by Crippen LogP contribution is 2.22. The molecule has 1 aliphatic heterocycles. The minimum Gasteiger partial charge on any atom is -0.382 e. The zero-order valence-corrected chi connectivity index (χ0v) is 13.7. The quantitative estimate of drug-likeness (QED) is 0.402. The molecule has 0 spiro atoms. The van der Waals surface area contributed by atoms with E-state index in [4.69, 9.17) is 9.47 Å². The number of ether oxygens (including phenoxy) is 2. The number of pyridine rings is 1. The molecule has 0 radical (unpaired) electrons. The van der Waals surface area contributed by atoms with Gasteiger partial charge in [0, 0.05) is 45.9 Å². The van der Waals surface area contributed by atoms with Crippen molar-refractivity contribution < 1.29 is 14.4 Å². The van der Waals surface area contributed by atoms with Gasteiger partial charge in [0.2, 0.25) is 0 Å². The van der Waals surface area contributed by atoms with Crippen molar-refractivity contribution in [3.8, 4) is 0 Å². The van der Waals surface area contributed by atoms with Crippen molar-refractivity contribution in [1.82, 2.24) is 9.88 Å². The molecule has 1 aliphatic rings. The van der Waals surface area contributed by atoms with Gasteiger partial charge in [0.25, 0.3) is 5.69 Å². The lowest BCUT2D eigenvalue weighted by molar-refractivity contribution is -0.385. The molecule has 0 aliphatic carbocycles. The Bertz CT molecular complexity index is 518. The maximum Gasteiger partial charge on any atom is 0.287 e. The zero-order chi connectivity index (χ0) is 16.7. The van der Waals surface area contributed by atoms with E-state index in [1.54, 1.807) is 13.2 Å². The first-order valence-electron chi connectivity index (χ1n) is 7.77. The molecule has 0 aromatic carbocycles. The molecule has 0 atom stereocenters. The number of hydrogen-bond acceptors (Lipinski definition) is 7. The van der Waals surface area contributed by atoms with E-state index >= 15 is 0 Å². The Hall–Kier alpha value is -1.77. The van der Waals surface area contributed by atoms with Gasteiger partial charge in [-0.3, -0.25) is 15.0 Å². The predicted molar refractivity (Wildman–Crippen MR) is 87.0 cm³/mol. The molecule has 0 amide bonds. The minimum atomic E-state index is -0.411. The first-order valence-corrected chi connectivity index (χ1v) is 7.77. The molecule has 0 unspecified atom stereocenters. The Morgan fingerprint density at radius 2 is 2.00 bits per heavy atom. The second-order valence-corrected chi connectivity index (χ2v) is 5.52. The normalized spacial score (nSPS) is 15.8. The monoisotopic (exact) mass is 324 g/mol. The molecule has 1 aromatic rings. The summed E-state index contributed by atoms with van der Waals surface area (Å²) in [6.45, 7) is 8.33. The summed E-state index contributed by atoms with van der Waals surface area (Å²) >= 11 is 0. The highest BCUT2D eigenvalue weighted by Gasteiger charge is 2.20. The predicted octanol–water partition coefficient (Wildman–Crippen LogP) is 1.08. The van der Waals surface area contributed by atoms with Crippen LogP contribution in [0.4, 0.5) is 11.5 Å². The third-order valence-electron chi connectivity index (χ3n) is 3.90. The van der Waals surface area contributed by atoms with E-state index in [1.807, 2.05) is 6.92 Å². The van der Waals surface area contributed by atoms with E-state index in [0.29, 0.717) is 19.8 Å². The lowest BCUT2D eigenvalue weighted by Gasteiger charge is -2.35. The van der Waals surface area contributed by atoms with E-state index in [-0.39, 0.29) is 5.69 Å². The first kappa shape index (κ1) is 17.6. The lowest BCUT2D eigenvalue weighted by atomic mass is 10.2. The van der Waals surface area contributed by atoms with Crippen LogP contribution in [0.5, 0.6) is 0 Å². The van der Waals surface area contributed by atoms with Gasteiger partial charge in [-0.2, -0.15) is 0 Å². The molecule has 8 heteroatoms. The number of hydrogen-bond donors (Lipinski definition) is 0. The molecule has 2 rings (SSSR count). The maximum atomic E-state index is 10.8. The molecule has 1 aromatic heterocycles. The zero-order valence-electron chi connectivity index (χ0n) is 13.7. The molecule has 2 heterocycles. The van der Waals surface area contributed by atoms with Gasteiger partial charge < -0.3 is 14.4 Å². The van der Waals surface area contributed by atoms with Crippen LogP contribution >= 0.6 is 0 Å². The van der Waals surface area contributed by atoms with Gasteiger partial charge in [-0.1, -0.05) is 0 Å². The van der Waals surface area contributed by atoms with Gasteiger partial charge >= 0.3 is 0 Å². The molecule has 1 saturated heterocycles. The largest absolute Gasteiger partial charge is 0.382 e. The van der Waals surface area contributed by atoms with Gasteiger partial charge in [-0.25, -0.2) is 4.98 Å². The number of methoxy groups -OCH3 is 1. The van der Waals surface area contributed by atoms with E-state index in [9.17, 15) is 10.1 Å². The molecule has 128 valence electrons. The first-order chi connectivity index (χ1) is 11.1. The van der Waals surface area contributed by atoms with Gasteiger partial charge in [0.05, 0.1) is 24.7 Å². The van der Waals surface area contributed by atoms with E-state index in [0.717, 1.165) is 44.1 Å². The second kappa shape index (κ2) is 8.76. The number of aromatic nitrogens is 1. The fraction of sp³-hybridized carbons (Fsp3) is 0.667. The van der Waals surface area contributed by atoms with Crippen LogP contribution in [-0.2, 0) is 9.47 Å². The van der Waals surface area contributed by atoms with E-state index in [2.05, 4.69) is 14.8 Å². The Labute approximate surface area is 136 Å². The highest BCUT2D eigenvalue weighted by atomic mass is 16.6. The van der Waals surface area contributed by atoms with Crippen LogP contribution in [0.1, 0.15) is 5.56 Å². The summed E-state index contributed by atoms with van der Waals surface area (Å²) in [4.78, 5) is 19.2. The van der Waals surface area contributed by atoms with Crippen molar-refractivity contribution in [2.75, 3.05) is 64.6 Å². The third kappa shape index (κ3) is 5.12. The molecule has 1 fully saturated rings. The summed E-state index contributed by atoms with van der Waals surface area (Å²) in [5.41, 5.74) is 0.883. The average Bonchev–Trinajstić information content (AvgIpc) is 2.55. The SMILES string of the molecule is COCCOCCN1CCN(c2ncc([N+](=O)[O-])cc2C)CC1. The van der Waals surface area contributed by atoms with Crippen LogP contribution in [0.25, 0.3) is 0 Å². The molecule has 8 nitrogen and oxygen atoms in total. The Morgan fingerprint density at radius 3 is 2.61 bits per heavy atom. The lowest BCUT2D eigenvalue weighted by Crippen LogP contribution is -2.47. The minimum absolute atomic E-state index is 0.0399. The maximum absolute atomic E-state index is 10.8. The Kier molecular flexibility index (Phi) is 6.69. The van der Waals surface area contributed by atoms with Crippen molar-refractivity contribution in [2.24, 2.45) is 0 Å². The van der Waals surface area contributed by atoms with Crippen molar-refractivity contribution in [3.63, 3.8) is 0 Å². The molecule has 23 heavy (non-hydrogen) atoms. The molecular weight excluding hydrogens is 300 g/mol. The van der Waals surface area contributed by atoms with E-state index < -0.39 is 4.92 Å².